The summed E-state index contributed by atoms with van der Waals surface area (Å²) in [5, 5.41) is 3.26. The molecule has 3 aromatic rings. The maximum Gasteiger partial charge on any atom is 0.264 e. The standard InChI is InChI=1S/C23H22BrClN2O4S/c1-3-31-19-11-9-18(10-12-19)27(32(29,30)20-13-7-17(24)8-14-20)15-23(28)26-22-6-4-5-21(25)16(22)2/h4-14H,3,15H2,1-2H3,(H,26,28). The maximum absolute atomic E-state index is 13.4. The molecule has 0 unspecified atom stereocenters. The highest BCUT2D eigenvalue weighted by Crippen LogP contribution is 2.28. The van der Waals surface area contributed by atoms with Gasteiger partial charge in [0.25, 0.3) is 10.0 Å². The Balaban J connectivity index is 1.95. The molecular weight excluding hydrogens is 516 g/mol. The van der Waals surface area contributed by atoms with Gasteiger partial charge in [0.05, 0.1) is 17.2 Å². The van der Waals surface area contributed by atoms with Crippen molar-refractivity contribution in [3.05, 3.63) is 81.8 Å². The average molecular weight is 538 g/mol. The van der Waals surface area contributed by atoms with Crippen molar-refractivity contribution < 1.29 is 17.9 Å². The molecule has 0 aliphatic heterocycles. The first-order valence-corrected chi connectivity index (χ1v) is 12.4. The van der Waals surface area contributed by atoms with Gasteiger partial charge >= 0.3 is 0 Å². The number of hydrogen-bond donors (Lipinski definition) is 1. The summed E-state index contributed by atoms with van der Waals surface area (Å²) in [4.78, 5) is 12.9. The Kier molecular flexibility index (Phi) is 7.82. The first kappa shape index (κ1) is 24.1. The molecule has 1 N–H and O–H groups in total. The van der Waals surface area contributed by atoms with Gasteiger partial charge < -0.3 is 10.1 Å². The van der Waals surface area contributed by atoms with Crippen molar-refractivity contribution in [3.63, 3.8) is 0 Å². The Morgan fingerprint density at radius 1 is 1.06 bits per heavy atom. The highest BCUT2D eigenvalue weighted by Gasteiger charge is 2.27. The minimum Gasteiger partial charge on any atom is -0.494 e. The van der Waals surface area contributed by atoms with E-state index in [0.717, 1.165) is 8.78 Å². The molecule has 0 fully saturated rings. The van der Waals surface area contributed by atoms with Crippen LogP contribution in [-0.4, -0.2) is 27.5 Å². The lowest BCUT2D eigenvalue weighted by Crippen LogP contribution is -2.38. The molecule has 0 aromatic heterocycles. The van der Waals surface area contributed by atoms with Crippen LogP contribution >= 0.6 is 27.5 Å². The fraction of sp³-hybridized carbons (Fsp3) is 0.174. The summed E-state index contributed by atoms with van der Waals surface area (Å²) in [5.74, 6) is 0.112. The smallest absolute Gasteiger partial charge is 0.264 e. The Labute approximate surface area is 201 Å². The first-order valence-electron chi connectivity index (χ1n) is 9.78. The Hall–Kier alpha value is -2.55. The number of anilines is 2. The number of hydrogen-bond acceptors (Lipinski definition) is 4. The average Bonchev–Trinajstić information content (AvgIpc) is 2.76. The summed E-state index contributed by atoms with van der Waals surface area (Å²) in [6.07, 6.45) is 0. The van der Waals surface area contributed by atoms with Crippen LogP contribution in [0.2, 0.25) is 5.02 Å². The van der Waals surface area contributed by atoms with Crippen molar-refractivity contribution in [2.24, 2.45) is 0 Å². The highest BCUT2D eigenvalue weighted by atomic mass is 79.9. The number of amides is 1. The van der Waals surface area contributed by atoms with E-state index in [1.54, 1.807) is 61.5 Å². The molecule has 0 heterocycles. The van der Waals surface area contributed by atoms with Gasteiger partial charge in [0.15, 0.2) is 0 Å². The van der Waals surface area contributed by atoms with Crippen molar-refractivity contribution in [1.82, 2.24) is 0 Å². The molecule has 0 spiro atoms. The molecule has 0 aliphatic carbocycles. The molecule has 1 amide bonds. The van der Waals surface area contributed by atoms with Gasteiger partial charge in [-0.25, -0.2) is 8.42 Å². The summed E-state index contributed by atoms with van der Waals surface area (Å²) in [6.45, 7) is 3.71. The molecule has 3 aromatic carbocycles. The number of halogens is 2. The van der Waals surface area contributed by atoms with E-state index in [9.17, 15) is 13.2 Å². The minimum atomic E-state index is -4.02. The minimum absolute atomic E-state index is 0.0707. The van der Waals surface area contributed by atoms with Gasteiger partial charge in [0, 0.05) is 15.2 Å². The quantitative estimate of drug-likeness (QED) is 0.403. The third kappa shape index (κ3) is 5.62. The molecule has 0 saturated carbocycles. The number of nitrogens with zero attached hydrogens (tertiary/aromatic N) is 1. The van der Waals surface area contributed by atoms with Crippen LogP contribution in [0.5, 0.6) is 5.75 Å². The fourth-order valence-corrected chi connectivity index (χ4v) is 4.85. The van der Waals surface area contributed by atoms with Crippen molar-refractivity contribution in [2.75, 3.05) is 22.8 Å². The summed E-state index contributed by atoms with van der Waals surface area (Å²) in [6, 6.07) is 18.0. The van der Waals surface area contributed by atoms with Crippen LogP contribution in [-0.2, 0) is 14.8 Å². The monoisotopic (exact) mass is 536 g/mol. The van der Waals surface area contributed by atoms with Gasteiger partial charge in [-0.15, -0.1) is 0 Å². The number of nitrogens with one attached hydrogen (secondary N) is 1. The van der Waals surface area contributed by atoms with Crippen LogP contribution in [0.4, 0.5) is 11.4 Å². The molecule has 3 rings (SSSR count). The number of carbonyl (C=O) groups excluding carboxylic acids is 1. The van der Waals surface area contributed by atoms with Crippen molar-refractivity contribution in [3.8, 4) is 5.75 Å². The topological polar surface area (TPSA) is 75.7 Å². The summed E-state index contributed by atoms with van der Waals surface area (Å²) in [7, 11) is -4.02. The van der Waals surface area contributed by atoms with Gasteiger partial charge in [-0.3, -0.25) is 9.10 Å². The van der Waals surface area contributed by atoms with Crippen LogP contribution in [0.25, 0.3) is 0 Å². The van der Waals surface area contributed by atoms with Crippen LogP contribution in [0.3, 0.4) is 0 Å². The van der Waals surface area contributed by atoms with E-state index in [1.165, 1.54) is 12.1 Å². The van der Waals surface area contributed by atoms with E-state index in [1.807, 2.05) is 6.92 Å². The van der Waals surface area contributed by atoms with Gasteiger partial charge in [0.2, 0.25) is 5.91 Å². The molecule has 168 valence electrons. The predicted octanol–water partition coefficient (Wildman–Crippen LogP) is 5.64. The molecule has 32 heavy (non-hydrogen) atoms. The van der Waals surface area contributed by atoms with Crippen LogP contribution in [0.1, 0.15) is 12.5 Å². The number of sulfonamides is 1. The zero-order chi connectivity index (χ0) is 23.3. The maximum atomic E-state index is 13.4. The van der Waals surface area contributed by atoms with Crippen LogP contribution in [0.15, 0.2) is 76.1 Å². The summed E-state index contributed by atoms with van der Waals surface area (Å²) < 4.78 is 34.1. The lowest BCUT2D eigenvalue weighted by Gasteiger charge is -2.24. The SMILES string of the molecule is CCOc1ccc(N(CC(=O)Nc2cccc(Cl)c2C)S(=O)(=O)c2ccc(Br)cc2)cc1. The molecule has 0 atom stereocenters. The Morgan fingerprint density at radius 2 is 1.72 bits per heavy atom. The largest absolute Gasteiger partial charge is 0.494 e. The highest BCUT2D eigenvalue weighted by molar-refractivity contribution is 9.10. The normalized spacial score (nSPS) is 11.1. The summed E-state index contributed by atoms with van der Waals surface area (Å²) >= 11 is 9.44. The number of carbonyl (C=O) groups is 1. The van der Waals surface area contributed by atoms with Gasteiger partial charge in [-0.1, -0.05) is 33.6 Å². The second-order valence-electron chi connectivity index (χ2n) is 6.85. The van der Waals surface area contributed by atoms with E-state index in [-0.39, 0.29) is 4.90 Å². The van der Waals surface area contributed by atoms with Crippen molar-refractivity contribution in [2.45, 2.75) is 18.7 Å². The Morgan fingerprint density at radius 3 is 2.34 bits per heavy atom. The third-order valence-electron chi connectivity index (χ3n) is 4.67. The molecule has 0 saturated heterocycles. The van der Waals surface area contributed by atoms with Gasteiger partial charge in [0.1, 0.15) is 12.3 Å². The van der Waals surface area contributed by atoms with Crippen molar-refractivity contribution in [1.29, 1.82) is 0 Å². The van der Waals surface area contributed by atoms with Gasteiger partial charge in [-0.05, 0) is 80.1 Å². The molecule has 0 bridgehead atoms. The van der Waals surface area contributed by atoms with Gasteiger partial charge in [-0.2, -0.15) is 0 Å². The van der Waals surface area contributed by atoms with E-state index in [4.69, 9.17) is 16.3 Å². The zero-order valence-corrected chi connectivity index (χ0v) is 20.7. The van der Waals surface area contributed by atoms with E-state index in [2.05, 4.69) is 21.2 Å². The third-order valence-corrected chi connectivity index (χ3v) is 7.39. The number of benzene rings is 3. The molecule has 9 heteroatoms. The fourth-order valence-electron chi connectivity index (χ4n) is 2.99. The number of rotatable bonds is 8. The molecule has 0 radical (unpaired) electrons. The van der Waals surface area contributed by atoms with E-state index in [0.29, 0.717) is 34.3 Å². The first-order chi connectivity index (χ1) is 15.2. The second-order valence-corrected chi connectivity index (χ2v) is 10.0. The molecular formula is C23H22BrClN2O4S. The van der Waals surface area contributed by atoms with Crippen molar-refractivity contribution >= 4 is 54.8 Å². The predicted molar refractivity (Wildman–Crippen MR) is 131 cm³/mol. The number of ether oxygens (including phenoxy) is 1. The Bertz CT molecular complexity index is 1200. The lowest BCUT2D eigenvalue weighted by atomic mass is 10.2. The molecule has 6 nitrogen and oxygen atoms in total. The van der Waals surface area contributed by atoms with Crippen LogP contribution < -0.4 is 14.4 Å². The molecule has 0 aliphatic rings. The second kappa shape index (κ2) is 10.4. The van der Waals surface area contributed by atoms with E-state index < -0.39 is 22.5 Å². The van der Waals surface area contributed by atoms with E-state index >= 15 is 0 Å². The zero-order valence-electron chi connectivity index (χ0n) is 17.5. The summed E-state index contributed by atoms with van der Waals surface area (Å²) in [5.41, 5.74) is 1.57. The van der Waals surface area contributed by atoms with Crippen LogP contribution in [0, 0.1) is 6.92 Å². The lowest BCUT2D eigenvalue weighted by molar-refractivity contribution is -0.114.